The third-order valence-corrected chi connectivity index (χ3v) is 5.07. The first-order valence-electron chi connectivity index (χ1n) is 8.04. The smallest absolute Gasteiger partial charge is 0.119 e. The normalized spacial score (nSPS) is 27.4. The molecule has 0 spiro atoms. The van der Waals surface area contributed by atoms with Crippen LogP contribution in [0.4, 0.5) is 0 Å². The Morgan fingerprint density at radius 1 is 1.24 bits per heavy atom. The Morgan fingerprint density at radius 2 is 2.00 bits per heavy atom. The molecule has 0 amide bonds. The van der Waals surface area contributed by atoms with Crippen LogP contribution in [-0.2, 0) is 6.42 Å². The van der Waals surface area contributed by atoms with Gasteiger partial charge in [0.25, 0.3) is 0 Å². The molecule has 1 aromatic rings. The number of ether oxygens (including phenoxy) is 1. The summed E-state index contributed by atoms with van der Waals surface area (Å²) in [6, 6.07) is 6.33. The summed E-state index contributed by atoms with van der Waals surface area (Å²) in [5.74, 6) is 0.885. The lowest BCUT2D eigenvalue weighted by molar-refractivity contribution is 0.00934. The fraction of sp³-hybridized carbons (Fsp3) is 0.647. The van der Waals surface area contributed by atoms with Gasteiger partial charge in [-0.15, -0.1) is 0 Å². The van der Waals surface area contributed by atoms with Crippen LogP contribution in [-0.4, -0.2) is 60.8 Å². The summed E-state index contributed by atoms with van der Waals surface area (Å²) >= 11 is 0. The second-order valence-corrected chi connectivity index (χ2v) is 6.09. The number of aliphatic hydroxyl groups excluding tert-OH is 1. The molecule has 2 atom stereocenters. The van der Waals surface area contributed by atoms with Gasteiger partial charge in [0.15, 0.2) is 0 Å². The van der Waals surface area contributed by atoms with Gasteiger partial charge in [0.1, 0.15) is 5.75 Å². The van der Waals surface area contributed by atoms with E-state index in [1.807, 2.05) is 12.1 Å². The first-order chi connectivity index (χ1) is 10.2. The van der Waals surface area contributed by atoms with Crippen molar-refractivity contribution in [1.29, 1.82) is 0 Å². The Hall–Kier alpha value is -1.10. The average molecular weight is 290 g/mol. The average Bonchev–Trinajstić information content (AvgIpc) is 2.55. The van der Waals surface area contributed by atoms with Crippen molar-refractivity contribution in [2.75, 3.05) is 39.8 Å². The van der Waals surface area contributed by atoms with E-state index in [-0.39, 0.29) is 12.1 Å². The van der Waals surface area contributed by atoms with E-state index in [2.05, 4.69) is 22.8 Å². The van der Waals surface area contributed by atoms with Crippen molar-refractivity contribution in [1.82, 2.24) is 9.80 Å². The molecule has 0 radical (unpaired) electrons. The number of hydrogen-bond acceptors (Lipinski definition) is 4. The van der Waals surface area contributed by atoms with Gasteiger partial charge >= 0.3 is 0 Å². The summed E-state index contributed by atoms with van der Waals surface area (Å²) in [5, 5.41) is 10.8. The molecule has 1 N–H and O–H groups in total. The van der Waals surface area contributed by atoms with Crippen LogP contribution in [0.3, 0.4) is 0 Å². The van der Waals surface area contributed by atoms with E-state index in [0.717, 1.165) is 56.9 Å². The lowest BCUT2D eigenvalue weighted by atomic mass is 9.84. The van der Waals surface area contributed by atoms with E-state index in [4.69, 9.17) is 4.74 Å². The molecule has 3 rings (SSSR count). The zero-order valence-corrected chi connectivity index (χ0v) is 13.1. The number of rotatable bonds is 3. The standard InChI is InChI=1S/C17H26N2O2/c1-3-18-8-10-19(11-9-18)16-7-4-13-12-14(21-2)5-6-15(13)17(16)20/h5-6,12,16-17,20H,3-4,7-11H2,1-2H3. The van der Waals surface area contributed by atoms with Crippen LogP contribution in [0.5, 0.6) is 5.75 Å². The van der Waals surface area contributed by atoms with Gasteiger partial charge in [-0.3, -0.25) is 4.90 Å². The van der Waals surface area contributed by atoms with Gasteiger partial charge in [0, 0.05) is 32.2 Å². The maximum Gasteiger partial charge on any atom is 0.119 e. The van der Waals surface area contributed by atoms with E-state index >= 15 is 0 Å². The van der Waals surface area contributed by atoms with Crippen LogP contribution in [0.1, 0.15) is 30.6 Å². The monoisotopic (exact) mass is 290 g/mol. The van der Waals surface area contributed by atoms with E-state index in [1.165, 1.54) is 5.56 Å². The van der Waals surface area contributed by atoms with Crippen LogP contribution < -0.4 is 4.74 Å². The molecule has 4 heteroatoms. The molecule has 0 saturated carbocycles. The summed E-state index contributed by atoms with van der Waals surface area (Å²) in [6.45, 7) is 7.73. The number of hydrogen-bond donors (Lipinski definition) is 1. The number of benzene rings is 1. The molecule has 1 saturated heterocycles. The Kier molecular flexibility index (Phi) is 4.48. The SMILES string of the molecule is CCN1CCN(C2CCc3cc(OC)ccc3C2O)CC1. The van der Waals surface area contributed by atoms with Crippen LogP contribution in [0.25, 0.3) is 0 Å². The Labute approximate surface area is 127 Å². The molecular weight excluding hydrogens is 264 g/mol. The summed E-state index contributed by atoms with van der Waals surface area (Å²) in [5.41, 5.74) is 2.33. The maximum atomic E-state index is 10.8. The molecule has 0 aromatic heterocycles. The van der Waals surface area contributed by atoms with Crippen molar-refractivity contribution >= 4 is 0 Å². The topological polar surface area (TPSA) is 35.9 Å². The van der Waals surface area contributed by atoms with Crippen molar-refractivity contribution in [2.45, 2.75) is 31.9 Å². The molecule has 0 bridgehead atoms. The molecule has 2 aliphatic rings. The molecule has 1 heterocycles. The van der Waals surface area contributed by atoms with Gasteiger partial charge < -0.3 is 14.7 Å². The van der Waals surface area contributed by atoms with Gasteiger partial charge in [0.2, 0.25) is 0 Å². The van der Waals surface area contributed by atoms with Crippen LogP contribution >= 0.6 is 0 Å². The summed E-state index contributed by atoms with van der Waals surface area (Å²) in [6.07, 6.45) is 1.70. The van der Waals surface area contributed by atoms with E-state index in [1.54, 1.807) is 7.11 Å². The number of fused-ring (bicyclic) bond motifs is 1. The number of piperazine rings is 1. The molecular formula is C17H26N2O2. The van der Waals surface area contributed by atoms with Gasteiger partial charge in [-0.25, -0.2) is 0 Å². The van der Waals surface area contributed by atoms with Crippen LogP contribution in [0, 0.1) is 0 Å². The van der Waals surface area contributed by atoms with Crippen molar-refractivity contribution in [3.63, 3.8) is 0 Å². The highest BCUT2D eigenvalue weighted by Crippen LogP contribution is 2.35. The zero-order valence-electron chi connectivity index (χ0n) is 13.1. The predicted octanol–water partition coefficient (Wildman–Crippen LogP) is 1.68. The molecule has 4 nitrogen and oxygen atoms in total. The van der Waals surface area contributed by atoms with Crippen LogP contribution in [0.15, 0.2) is 18.2 Å². The van der Waals surface area contributed by atoms with Gasteiger partial charge in [-0.05, 0) is 42.6 Å². The fourth-order valence-corrected chi connectivity index (χ4v) is 3.68. The fourth-order valence-electron chi connectivity index (χ4n) is 3.68. The molecule has 1 aliphatic carbocycles. The van der Waals surface area contributed by atoms with E-state index in [0.29, 0.717) is 0 Å². The number of likely N-dealkylation sites (N-methyl/N-ethyl adjacent to an activating group) is 1. The maximum absolute atomic E-state index is 10.8. The highest BCUT2D eigenvalue weighted by molar-refractivity contribution is 5.39. The first kappa shape index (κ1) is 14.8. The molecule has 1 aromatic carbocycles. The molecule has 116 valence electrons. The third kappa shape index (κ3) is 2.93. The lowest BCUT2D eigenvalue weighted by Crippen LogP contribution is -2.52. The highest BCUT2D eigenvalue weighted by atomic mass is 16.5. The van der Waals surface area contributed by atoms with Gasteiger partial charge in [-0.1, -0.05) is 13.0 Å². The minimum absolute atomic E-state index is 0.268. The second-order valence-electron chi connectivity index (χ2n) is 6.09. The summed E-state index contributed by atoms with van der Waals surface area (Å²) < 4.78 is 5.29. The van der Waals surface area contributed by atoms with Crippen LogP contribution in [0.2, 0.25) is 0 Å². The number of aliphatic hydroxyl groups is 1. The van der Waals surface area contributed by atoms with Gasteiger partial charge in [-0.2, -0.15) is 0 Å². The van der Waals surface area contributed by atoms with E-state index in [9.17, 15) is 5.11 Å². The predicted molar refractivity (Wildman–Crippen MR) is 83.7 cm³/mol. The minimum Gasteiger partial charge on any atom is -0.497 e. The van der Waals surface area contributed by atoms with Crippen molar-refractivity contribution in [3.8, 4) is 5.75 Å². The summed E-state index contributed by atoms with van der Waals surface area (Å²) in [4.78, 5) is 4.95. The largest absolute Gasteiger partial charge is 0.497 e. The Bertz CT molecular complexity index is 484. The number of nitrogens with zero attached hydrogens (tertiary/aromatic N) is 2. The highest BCUT2D eigenvalue weighted by Gasteiger charge is 2.33. The van der Waals surface area contributed by atoms with Crippen molar-refractivity contribution in [2.24, 2.45) is 0 Å². The Balaban J connectivity index is 1.72. The molecule has 1 fully saturated rings. The second kappa shape index (κ2) is 6.34. The van der Waals surface area contributed by atoms with E-state index < -0.39 is 0 Å². The number of methoxy groups -OCH3 is 1. The summed E-state index contributed by atoms with van der Waals surface area (Å²) in [7, 11) is 1.69. The van der Waals surface area contributed by atoms with Crippen molar-refractivity contribution in [3.05, 3.63) is 29.3 Å². The molecule has 21 heavy (non-hydrogen) atoms. The molecule has 2 unspecified atom stereocenters. The molecule has 1 aliphatic heterocycles. The third-order valence-electron chi connectivity index (χ3n) is 5.07. The van der Waals surface area contributed by atoms with Crippen molar-refractivity contribution < 1.29 is 9.84 Å². The number of aryl methyl sites for hydroxylation is 1. The first-order valence-corrected chi connectivity index (χ1v) is 8.04. The lowest BCUT2D eigenvalue weighted by Gasteiger charge is -2.43. The minimum atomic E-state index is -0.368. The quantitative estimate of drug-likeness (QED) is 0.919. The van der Waals surface area contributed by atoms with Gasteiger partial charge in [0.05, 0.1) is 13.2 Å². The Morgan fingerprint density at radius 3 is 2.67 bits per heavy atom. The zero-order chi connectivity index (χ0) is 14.8.